The van der Waals surface area contributed by atoms with E-state index >= 15 is 0 Å². The third kappa shape index (κ3) is 3.60. The Labute approximate surface area is 121 Å². The molecular weight excluding hydrogens is 250 g/mol. The number of piperidine rings is 1. The number of carbonyl (C=O) groups excluding carboxylic acids is 1. The fraction of sp³-hybridized carbons (Fsp3) is 0.588. The first-order chi connectivity index (χ1) is 9.69. The predicted octanol–water partition coefficient (Wildman–Crippen LogP) is 2.98. The van der Waals surface area contributed by atoms with Crippen molar-refractivity contribution < 1.29 is 9.90 Å². The van der Waals surface area contributed by atoms with Crippen LogP contribution in [0.15, 0.2) is 30.3 Å². The van der Waals surface area contributed by atoms with E-state index < -0.39 is 0 Å². The molecule has 2 rings (SSSR count). The minimum atomic E-state index is 0.200. The van der Waals surface area contributed by atoms with Gasteiger partial charge in [0.05, 0.1) is 0 Å². The molecule has 1 aromatic carbocycles. The lowest BCUT2D eigenvalue weighted by Crippen LogP contribution is -2.45. The topological polar surface area (TPSA) is 40.5 Å². The molecule has 0 aromatic heterocycles. The Bertz CT molecular complexity index is 432. The molecule has 20 heavy (non-hydrogen) atoms. The van der Waals surface area contributed by atoms with Gasteiger partial charge in [0.25, 0.3) is 0 Å². The van der Waals surface area contributed by atoms with Gasteiger partial charge in [-0.15, -0.1) is 0 Å². The molecule has 0 spiro atoms. The third-order valence-electron chi connectivity index (χ3n) is 4.58. The van der Waals surface area contributed by atoms with Gasteiger partial charge in [-0.1, -0.05) is 37.3 Å². The van der Waals surface area contributed by atoms with Crippen molar-refractivity contribution in [2.45, 2.75) is 45.6 Å². The molecule has 1 fully saturated rings. The summed E-state index contributed by atoms with van der Waals surface area (Å²) in [7, 11) is 0. The number of hydrogen-bond donors (Lipinski definition) is 1. The smallest absolute Gasteiger partial charge is 0.222 e. The zero-order valence-electron chi connectivity index (χ0n) is 12.3. The van der Waals surface area contributed by atoms with E-state index in [4.69, 9.17) is 5.11 Å². The molecule has 1 aliphatic rings. The van der Waals surface area contributed by atoms with Crippen molar-refractivity contribution in [3.63, 3.8) is 0 Å². The second-order valence-corrected chi connectivity index (χ2v) is 5.92. The molecule has 3 nitrogen and oxygen atoms in total. The van der Waals surface area contributed by atoms with Gasteiger partial charge in [0.2, 0.25) is 5.91 Å². The summed E-state index contributed by atoms with van der Waals surface area (Å²) in [5, 5.41) is 9.08. The highest BCUT2D eigenvalue weighted by Gasteiger charge is 2.36. The highest BCUT2D eigenvalue weighted by Crippen LogP contribution is 2.38. The highest BCUT2D eigenvalue weighted by atomic mass is 16.3. The Kier molecular flexibility index (Phi) is 5.18. The molecule has 110 valence electrons. The maximum Gasteiger partial charge on any atom is 0.222 e. The summed E-state index contributed by atoms with van der Waals surface area (Å²) in [6, 6.07) is 10.2. The number of carbonyl (C=O) groups is 1. The Balaban J connectivity index is 2.05. The Morgan fingerprint density at radius 2 is 2.05 bits per heavy atom. The molecule has 1 heterocycles. The van der Waals surface area contributed by atoms with Crippen LogP contribution in [0, 0.1) is 5.41 Å². The number of likely N-dealkylation sites (tertiary alicyclic amines) is 1. The van der Waals surface area contributed by atoms with Gasteiger partial charge < -0.3 is 10.0 Å². The third-order valence-corrected chi connectivity index (χ3v) is 4.58. The number of aliphatic hydroxyl groups is 1. The summed E-state index contributed by atoms with van der Waals surface area (Å²) >= 11 is 0. The first-order valence-electron chi connectivity index (χ1n) is 7.62. The number of aliphatic hydroxyl groups excluding tert-OH is 1. The van der Waals surface area contributed by atoms with Crippen LogP contribution in [0.4, 0.5) is 0 Å². The van der Waals surface area contributed by atoms with Crippen LogP contribution in [0.2, 0.25) is 0 Å². The van der Waals surface area contributed by atoms with Crippen LogP contribution in [-0.2, 0) is 11.3 Å². The zero-order valence-corrected chi connectivity index (χ0v) is 12.3. The van der Waals surface area contributed by atoms with Crippen LogP contribution in [0.1, 0.15) is 44.6 Å². The van der Waals surface area contributed by atoms with Crippen LogP contribution < -0.4 is 0 Å². The number of benzene rings is 1. The van der Waals surface area contributed by atoms with Gasteiger partial charge in [0, 0.05) is 26.1 Å². The molecule has 1 atom stereocenters. The van der Waals surface area contributed by atoms with Crippen molar-refractivity contribution in [1.82, 2.24) is 4.90 Å². The van der Waals surface area contributed by atoms with Crippen LogP contribution in [0.3, 0.4) is 0 Å². The molecule has 1 saturated heterocycles. The van der Waals surface area contributed by atoms with Crippen molar-refractivity contribution >= 4 is 5.91 Å². The summed E-state index contributed by atoms with van der Waals surface area (Å²) in [5.41, 5.74) is 1.39. The van der Waals surface area contributed by atoms with Gasteiger partial charge in [-0.25, -0.2) is 0 Å². The number of amides is 1. The first-order valence-corrected chi connectivity index (χ1v) is 7.62. The molecule has 1 amide bonds. The Hall–Kier alpha value is -1.35. The van der Waals surface area contributed by atoms with Gasteiger partial charge >= 0.3 is 0 Å². The van der Waals surface area contributed by atoms with Crippen molar-refractivity contribution in [2.75, 3.05) is 13.2 Å². The van der Waals surface area contributed by atoms with Gasteiger partial charge in [-0.05, 0) is 36.7 Å². The fourth-order valence-corrected chi connectivity index (χ4v) is 3.17. The molecule has 0 bridgehead atoms. The van der Waals surface area contributed by atoms with Gasteiger partial charge in [-0.3, -0.25) is 4.79 Å². The van der Waals surface area contributed by atoms with E-state index in [1.807, 2.05) is 23.1 Å². The van der Waals surface area contributed by atoms with Crippen molar-refractivity contribution in [3.8, 4) is 0 Å². The fourth-order valence-electron chi connectivity index (χ4n) is 3.17. The predicted molar refractivity (Wildman–Crippen MR) is 80.1 cm³/mol. The van der Waals surface area contributed by atoms with Crippen LogP contribution >= 0.6 is 0 Å². The minimum Gasteiger partial charge on any atom is -0.396 e. The van der Waals surface area contributed by atoms with Crippen molar-refractivity contribution in [3.05, 3.63) is 35.9 Å². The highest BCUT2D eigenvalue weighted by molar-refractivity contribution is 5.77. The van der Waals surface area contributed by atoms with E-state index in [0.29, 0.717) is 13.0 Å². The Morgan fingerprint density at radius 1 is 1.30 bits per heavy atom. The lowest BCUT2D eigenvalue weighted by molar-refractivity contribution is -0.138. The monoisotopic (exact) mass is 275 g/mol. The van der Waals surface area contributed by atoms with E-state index in [1.165, 1.54) is 5.56 Å². The second-order valence-electron chi connectivity index (χ2n) is 5.92. The second kappa shape index (κ2) is 6.89. The number of nitrogens with zero attached hydrogens (tertiary/aromatic N) is 1. The molecular formula is C17H25NO2. The average Bonchev–Trinajstić information content (AvgIpc) is 2.49. The molecule has 0 saturated carbocycles. The van der Waals surface area contributed by atoms with E-state index in [2.05, 4.69) is 19.1 Å². The van der Waals surface area contributed by atoms with E-state index in [0.717, 1.165) is 32.2 Å². The molecule has 1 aromatic rings. The summed E-state index contributed by atoms with van der Waals surface area (Å²) in [5.74, 6) is 0.266. The van der Waals surface area contributed by atoms with Crippen LogP contribution in [0.25, 0.3) is 0 Å². The Morgan fingerprint density at radius 3 is 2.70 bits per heavy atom. The van der Waals surface area contributed by atoms with Crippen LogP contribution in [0.5, 0.6) is 0 Å². The molecule has 0 aliphatic carbocycles. The lowest BCUT2D eigenvalue weighted by Gasteiger charge is -2.42. The van der Waals surface area contributed by atoms with Gasteiger partial charge in [-0.2, -0.15) is 0 Å². The number of rotatable bonds is 6. The molecule has 1 aliphatic heterocycles. The van der Waals surface area contributed by atoms with E-state index in [9.17, 15) is 4.79 Å². The number of hydrogen-bond acceptors (Lipinski definition) is 2. The first kappa shape index (κ1) is 15.0. The molecule has 1 N–H and O–H groups in total. The standard InChI is InChI=1S/C17H25NO2/c1-2-17(10-6-12-19)11-9-16(20)18(14-17)13-15-7-4-3-5-8-15/h3-5,7-8,19H,2,6,9-14H2,1H3. The van der Waals surface area contributed by atoms with Crippen LogP contribution in [-0.4, -0.2) is 29.1 Å². The lowest BCUT2D eigenvalue weighted by atomic mass is 9.74. The summed E-state index contributed by atoms with van der Waals surface area (Å²) in [6.07, 6.45) is 4.53. The largest absolute Gasteiger partial charge is 0.396 e. The molecule has 1 unspecified atom stereocenters. The summed E-state index contributed by atoms with van der Waals surface area (Å²) < 4.78 is 0. The quantitative estimate of drug-likeness (QED) is 0.867. The minimum absolute atomic E-state index is 0.200. The zero-order chi connectivity index (χ0) is 14.4. The maximum atomic E-state index is 12.2. The molecule has 0 radical (unpaired) electrons. The van der Waals surface area contributed by atoms with E-state index in [1.54, 1.807) is 0 Å². The van der Waals surface area contributed by atoms with Gasteiger partial charge in [0.1, 0.15) is 0 Å². The molecule has 3 heteroatoms. The summed E-state index contributed by atoms with van der Waals surface area (Å²) in [4.78, 5) is 14.2. The summed E-state index contributed by atoms with van der Waals surface area (Å²) in [6.45, 7) is 3.99. The van der Waals surface area contributed by atoms with E-state index in [-0.39, 0.29) is 17.9 Å². The van der Waals surface area contributed by atoms with Crippen molar-refractivity contribution in [2.24, 2.45) is 5.41 Å². The maximum absolute atomic E-state index is 12.2. The normalized spacial score (nSPS) is 23.1. The van der Waals surface area contributed by atoms with Gasteiger partial charge in [0.15, 0.2) is 0 Å². The van der Waals surface area contributed by atoms with Crippen molar-refractivity contribution in [1.29, 1.82) is 0 Å². The SMILES string of the molecule is CCC1(CCCO)CCC(=O)N(Cc2ccccc2)C1. The average molecular weight is 275 g/mol.